The van der Waals surface area contributed by atoms with Crippen LogP contribution in [-0.4, -0.2) is 12.2 Å². The molecule has 3 saturated carbocycles. The normalized spacial score (nSPS) is 32.5. The molecule has 2 unspecified atom stereocenters. The summed E-state index contributed by atoms with van der Waals surface area (Å²) in [7, 11) is 0. The zero-order valence-electron chi connectivity index (χ0n) is 15.6. The van der Waals surface area contributed by atoms with Gasteiger partial charge in [0.2, 0.25) is 0 Å². The van der Waals surface area contributed by atoms with Crippen molar-refractivity contribution in [2.75, 3.05) is 0 Å². The molecule has 2 nitrogen and oxygen atoms in total. The van der Waals surface area contributed by atoms with E-state index >= 15 is 0 Å². The number of ether oxygens (including phenoxy) is 1. The molecule has 0 spiro atoms. The summed E-state index contributed by atoms with van der Waals surface area (Å²) in [4.78, 5) is 0. The summed E-state index contributed by atoms with van der Waals surface area (Å²) in [5, 5.41) is 12.6. The second kappa shape index (κ2) is 10.2. The molecule has 0 amide bonds. The fourth-order valence-electron chi connectivity index (χ4n) is 4.78. The van der Waals surface area contributed by atoms with Gasteiger partial charge in [-0.1, -0.05) is 63.5 Å². The minimum atomic E-state index is -0.403. The Kier molecular flexibility index (Phi) is 7.66. The number of fused-ring (bicyclic) bond motifs is 12. The predicted octanol–water partition coefficient (Wildman–Crippen LogP) is 6.36. The van der Waals surface area contributed by atoms with E-state index in [4.69, 9.17) is 4.74 Å². The smallest absolute Gasteiger partial charge is 0.119 e. The molecule has 2 atom stereocenters. The van der Waals surface area contributed by atoms with E-state index in [0.717, 1.165) is 25.0 Å². The molecule has 0 aromatic heterocycles. The van der Waals surface area contributed by atoms with Crippen molar-refractivity contribution in [3.63, 3.8) is 0 Å². The van der Waals surface area contributed by atoms with E-state index in [1.165, 1.54) is 64.2 Å². The first-order valence-electron chi connectivity index (χ1n) is 10.6. The molecule has 1 aromatic carbocycles. The third-order valence-corrected chi connectivity index (χ3v) is 6.24. The third-order valence-electron chi connectivity index (χ3n) is 6.24. The first-order chi connectivity index (χ1) is 12.3. The van der Waals surface area contributed by atoms with Crippen molar-refractivity contribution in [1.29, 1.82) is 0 Å². The van der Waals surface area contributed by atoms with E-state index in [0.29, 0.717) is 11.8 Å². The summed E-state index contributed by atoms with van der Waals surface area (Å²) in [5.41, 5.74) is 0. The molecule has 3 aliphatic rings. The molecule has 0 aliphatic heterocycles. The van der Waals surface area contributed by atoms with Gasteiger partial charge in [0.1, 0.15) is 11.9 Å². The van der Waals surface area contributed by atoms with Crippen LogP contribution in [0.25, 0.3) is 0 Å². The maximum atomic E-state index is 12.6. The number of hydrogen-bond donors (Lipinski definition) is 0. The number of rotatable bonds is 2. The van der Waals surface area contributed by atoms with Gasteiger partial charge in [0.05, 0.1) is 6.10 Å². The van der Waals surface area contributed by atoms with Crippen molar-refractivity contribution in [3.8, 4) is 5.75 Å². The summed E-state index contributed by atoms with van der Waals surface area (Å²) in [5.74, 6) is 2.21. The largest absolute Gasteiger partial charge is 0.490 e. The highest BCUT2D eigenvalue weighted by Gasteiger charge is 2.26. The van der Waals surface area contributed by atoms with Gasteiger partial charge in [0.25, 0.3) is 0 Å². The Morgan fingerprint density at radius 2 is 1.44 bits per heavy atom. The fraction of sp³-hybridized carbons (Fsp3) is 0.739. The molecule has 2 radical (unpaired) electrons. The van der Waals surface area contributed by atoms with Crippen LogP contribution in [0.2, 0.25) is 0 Å². The highest BCUT2D eigenvalue weighted by molar-refractivity contribution is 5.20. The molecule has 2 heteroatoms. The van der Waals surface area contributed by atoms with Crippen molar-refractivity contribution in [2.45, 2.75) is 95.7 Å². The topological polar surface area (TPSA) is 29.1 Å². The second-order valence-corrected chi connectivity index (χ2v) is 8.23. The van der Waals surface area contributed by atoms with Crippen LogP contribution >= 0.6 is 0 Å². The van der Waals surface area contributed by atoms with Crippen molar-refractivity contribution >= 4 is 0 Å². The Balaban J connectivity index is 1.74. The summed E-state index contributed by atoms with van der Waals surface area (Å²) in [6.07, 6.45) is 15.4. The van der Waals surface area contributed by atoms with Crippen LogP contribution in [0.1, 0.15) is 83.5 Å². The van der Waals surface area contributed by atoms with Gasteiger partial charge >= 0.3 is 0 Å². The summed E-state index contributed by atoms with van der Waals surface area (Å²) >= 11 is 0. The van der Waals surface area contributed by atoms with Crippen molar-refractivity contribution in [2.24, 2.45) is 11.8 Å². The lowest BCUT2D eigenvalue weighted by molar-refractivity contribution is 0.0288. The summed E-state index contributed by atoms with van der Waals surface area (Å²) < 4.78 is 6.40. The van der Waals surface area contributed by atoms with Crippen molar-refractivity contribution < 1.29 is 9.84 Å². The second-order valence-electron chi connectivity index (χ2n) is 8.23. The highest BCUT2D eigenvalue weighted by Crippen LogP contribution is 2.33. The highest BCUT2D eigenvalue weighted by atomic mass is 16.5. The van der Waals surface area contributed by atoms with Gasteiger partial charge in [-0.25, -0.2) is 5.11 Å². The number of hydrogen-bond acceptors (Lipinski definition) is 1. The van der Waals surface area contributed by atoms with E-state index in [1.54, 1.807) is 0 Å². The van der Waals surface area contributed by atoms with Gasteiger partial charge in [-0.05, 0) is 62.1 Å². The van der Waals surface area contributed by atoms with E-state index in [2.05, 4.69) is 6.07 Å². The van der Waals surface area contributed by atoms with Crippen molar-refractivity contribution in [1.82, 2.24) is 0 Å². The molecule has 3 aliphatic carbocycles. The molecule has 0 saturated heterocycles. The van der Waals surface area contributed by atoms with Crippen LogP contribution in [-0.2, 0) is 5.11 Å². The Hall–Kier alpha value is -1.02. The Labute approximate surface area is 154 Å². The minimum Gasteiger partial charge on any atom is -0.490 e. The Morgan fingerprint density at radius 3 is 2.12 bits per heavy atom. The fourth-order valence-corrected chi connectivity index (χ4v) is 4.78. The lowest BCUT2D eigenvalue weighted by Crippen LogP contribution is -2.29. The monoisotopic (exact) mass is 342 g/mol. The molecule has 2 bridgehead atoms. The van der Waals surface area contributed by atoms with Gasteiger partial charge < -0.3 is 4.74 Å². The first kappa shape index (κ1) is 18.8. The predicted molar refractivity (Wildman–Crippen MR) is 101 cm³/mol. The molecule has 4 rings (SSSR count). The van der Waals surface area contributed by atoms with Gasteiger partial charge in [-0.3, -0.25) is 0 Å². The zero-order valence-corrected chi connectivity index (χ0v) is 15.6. The number of benzene rings is 1. The van der Waals surface area contributed by atoms with Gasteiger partial charge in [0, 0.05) is 0 Å². The Morgan fingerprint density at radius 1 is 0.800 bits per heavy atom. The zero-order chi connectivity index (χ0) is 17.3. The van der Waals surface area contributed by atoms with E-state index in [-0.39, 0.29) is 6.10 Å². The van der Waals surface area contributed by atoms with Gasteiger partial charge in [-0.15, -0.1) is 0 Å². The molecule has 3 fully saturated rings. The molecule has 138 valence electrons. The molecule has 25 heavy (non-hydrogen) atoms. The SMILES string of the molecule is [O]C1CCC(Oc2cc[c]cc2)C2CCCCCC(CCCCC2)C1. The maximum Gasteiger partial charge on any atom is 0.119 e. The van der Waals surface area contributed by atoms with Crippen LogP contribution < -0.4 is 4.74 Å². The van der Waals surface area contributed by atoms with E-state index in [1.807, 2.05) is 24.3 Å². The summed E-state index contributed by atoms with van der Waals surface area (Å²) in [6.45, 7) is 0. The average Bonchev–Trinajstić information content (AvgIpc) is 2.61. The Bertz CT molecular complexity index is 458. The minimum absolute atomic E-state index is 0.205. The maximum absolute atomic E-state index is 12.6. The first-order valence-corrected chi connectivity index (χ1v) is 10.6. The van der Waals surface area contributed by atoms with Crippen LogP contribution in [0, 0.1) is 17.9 Å². The van der Waals surface area contributed by atoms with E-state index < -0.39 is 6.10 Å². The van der Waals surface area contributed by atoms with Crippen molar-refractivity contribution in [3.05, 3.63) is 30.3 Å². The standard InChI is InChI=1S/C23H34O2/c24-21-16-17-23(25-22-14-8-3-9-15-22)20-12-6-1-4-10-19(18-21)11-5-2-7-13-20/h8-9,14-15,19-21,23H,1-2,4-7,10-13,16-18H2. The molecule has 0 N–H and O–H groups in total. The molecule has 1 aromatic rings. The third kappa shape index (κ3) is 6.33. The molecular formula is C23H34O2. The molecule has 0 heterocycles. The van der Waals surface area contributed by atoms with Gasteiger partial charge in [0.15, 0.2) is 0 Å². The lowest BCUT2D eigenvalue weighted by atomic mass is 9.82. The lowest BCUT2D eigenvalue weighted by Gasteiger charge is -2.31. The van der Waals surface area contributed by atoms with Crippen LogP contribution in [0.5, 0.6) is 5.75 Å². The average molecular weight is 343 g/mol. The quantitative estimate of drug-likeness (QED) is 0.614. The van der Waals surface area contributed by atoms with Crippen LogP contribution in [0.4, 0.5) is 0 Å². The van der Waals surface area contributed by atoms with Crippen LogP contribution in [0.15, 0.2) is 24.3 Å². The molecular weight excluding hydrogens is 308 g/mol. The van der Waals surface area contributed by atoms with Crippen LogP contribution in [0.3, 0.4) is 0 Å². The van der Waals surface area contributed by atoms with E-state index in [9.17, 15) is 5.11 Å². The van der Waals surface area contributed by atoms with Gasteiger partial charge in [-0.2, -0.15) is 0 Å². The summed E-state index contributed by atoms with van der Waals surface area (Å²) in [6, 6.07) is 10.9.